The van der Waals surface area contributed by atoms with Gasteiger partial charge in [0, 0.05) is 12.8 Å². The minimum Gasteiger partial charge on any atom is -0.616 e. The van der Waals surface area contributed by atoms with E-state index in [-0.39, 0.29) is 19.0 Å². The molecule has 23 heavy (non-hydrogen) atoms. The van der Waals surface area contributed by atoms with Crippen LogP contribution in [0, 0.1) is 0 Å². The maximum Gasteiger partial charge on any atom is 0.306 e. The van der Waals surface area contributed by atoms with Crippen molar-refractivity contribution in [3.63, 3.8) is 0 Å². The van der Waals surface area contributed by atoms with E-state index in [0.29, 0.717) is 23.6 Å². The summed E-state index contributed by atoms with van der Waals surface area (Å²) < 4.78 is 17.1. The van der Waals surface area contributed by atoms with E-state index < -0.39 is 11.2 Å². The quantitative estimate of drug-likeness (QED) is 0.285. The summed E-state index contributed by atoms with van der Waals surface area (Å²) in [5.41, 5.74) is 1.65. The van der Waals surface area contributed by atoms with Crippen LogP contribution in [0.5, 0.6) is 0 Å². The van der Waals surface area contributed by atoms with Crippen molar-refractivity contribution >= 4 is 23.9 Å². The summed E-state index contributed by atoms with van der Waals surface area (Å²) in [4.78, 5) is 15.5. The molecular formula is C18H23NO3S. The van der Waals surface area contributed by atoms with Gasteiger partial charge in [0.1, 0.15) is 18.1 Å². The van der Waals surface area contributed by atoms with Crippen LogP contribution < -0.4 is 0 Å². The predicted octanol–water partition coefficient (Wildman–Crippen LogP) is 3.42. The van der Waals surface area contributed by atoms with Crippen LogP contribution in [0.3, 0.4) is 0 Å². The Kier molecular flexibility index (Phi) is 9.75. The van der Waals surface area contributed by atoms with E-state index in [9.17, 15) is 9.35 Å². The highest BCUT2D eigenvalue weighted by Gasteiger charge is 2.11. The summed E-state index contributed by atoms with van der Waals surface area (Å²) in [6.45, 7) is 5.64. The van der Waals surface area contributed by atoms with E-state index >= 15 is 0 Å². The van der Waals surface area contributed by atoms with Crippen molar-refractivity contribution in [2.75, 3.05) is 11.5 Å². The highest BCUT2D eigenvalue weighted by Crippen LogP contribution is 2.07. The van der Waals surface area contributed by atoms with Crippen LogP contribution in [0.25, 0.3) is 0 Å². The first kappa shape index (κ1) is 19.2. The van der Waals surface area contributed by atoms with Gasteiger partial charge in [0.25, 0.3) is 0 Å². The number of rotatable bonds is 10. The standard InChI is InChI=1S/C18H23NO3S/c1-3-4-11-17(19-2)15-23(21)13-8-12-18(20)22-14-16-9-6-5-7-10-16/h3-7,9-11H,2,8,12-15H2,1H3/b4-3-,17-11-. The Morgan fingerprint density at radius 3 is 2.78 bits per heavy atom. The molecule has 124 valence electrons. The predicted molar refractivity (Wildman–Crippen MR) is 95.8 cm³/mol. The molecule has 0 aliphatic rings. The largest absolute Gasteiger partial charge is 0.616 e. The van der Waals surface area contributed by atoms with Crippen LogP contribution in [0.4, 0.5) is 0 Å². The van der Waals surface area contributed by atoms with Gasteiger partial charge in [-0.05, 0) is 36.5 Å². The van der Waals surface area contributed by atoms with E-state index in [1.807, 2.05) is 49.4 Å². The van der Waals surface area contributed by atoms with E-state index in [2.05, 4.69) is 11.7 Å². The van der Waals surface area contributed by atoms with Crippen molar-refractivity contribution in [3.8, 4) is 0 Å². The van der Waals surface area contributed by atoms with Crippen molar-refractivity contribution in [2.24, 2.45) is 4.99 Å². The SMILES string of the molecule is C=N/C(=C\C=C/C)C[S+]([O-])CCCC(=O)OCc1ccccc1. The van der Waals surface area contributed by atoms with Gasteiger partial charge >= 0.3 is 5.97 Å². The normalized spacial score (nSPS) is 13.0. The Morgan fingerprint density at radius 2 is 2.13 bits per heavy atom. The Bertz CT molecular complexity index is 540. The van der Waals surface area contributed by atoms with Crippen LogP contribution >= 0.6 is 0 Å². The summed E-state index contributed by atoms with van der Waals surface area (Å²) >= 11 is -1.05. The molecule has 0 fully saturated rings. The van der Waals surface area contributed by atoms with Crippen molar-refractivity contribution < 1.29 is 14.1 Å². The van der Waals surface area contributed by atoms with E-state index in [0.717, 1.165) is 5.56 Å². The third kappa shape index (κ3) is 9.01. The summed E-state index contributed by atoms with van der Waals surface area (Å²) in [7, 11) is 0. The molecule has 0 amide bonds. The summed E-state index contributed by atoms with van der Waals surface area (Å²) in [5, 5.41) is 0. The second kappa shape index (κ2) is 11.7. The third-order valence-corrected chi connectivity index (χ3v) is 4.35. The fourth-order valence-electron chi connectivity index (χ4n) is 1.78. The number of allylic oxidation sites excluding steroid dienone is 3. The molecule has 0 aliphatic heterocycles. The molecule has 0 aliphatic carbocycles. The number of esters is 1. The number of aliphatic imine (C=N–C) groups is 1. The van der Waals surface area contributed by atoms with Crippen LogP contribution in [-0.4, -0.2) is 28.7 Å². The van der Waals surface area contributed by atoms with Crippen LogP contribution in [-0.2, 0) is 27.3 Å². The molecule has 1 aromatic rings. The second-order valence-corrected chi connectivity index (χ2v) is 6.46. The number of hydrogen-bond donors (Lipinski definition) is 0. The number of ether oxygens (including phenoxy) is 1. The zero-order valence-electron chi connectivity index (χ0n) is 13.4. The summed E-state index contributed by atoms with van der Waals surface area (Å²) in [6.07, 6.45) is 6.31. The van der Waals surface area contributed by atoms with Crippen molar-refractivity contribution in [2.45, 2.75) is 26.4 Å². The third-order valence-electron chi connectivity index (χ3n) is 2.99. The molecule has 0 radical (unpaired) electrons. The minimum absolute atomic E-state index is 0.266. The molecule has 1 unspecified atom stereocenters. The first-order valence-electron chi connectivity index (χ1n) is 7.48. The van der Waals surface area contributed by atoms with Gasteiger partial charge in [0.2, 0.25) is 0 Å². The minimum atomic E-state index is -1.05. The molecular weight excluding hydrogens is 310 g/mol. The zero-order chi connectivity index (χ0) is 16.9. The molecule has 4 nitrogen and oxygen atoms in total. The van der Waals surface area contributed by atoms with Crippen molar-refractivity contribution in [1.82, 2.24) is 0 Å². The summed E-state index contributed by atoms with van der Waals surface area (Å²) in [6, 6.07) is 9.53. The average molecular weight is 333 g/mol. The topological polar surface area (TPSA) is 61.7 Å². The molecule has 0 spiro atoms. The van der Waals surface area contributed by atoms with Crippen LogP contribution in [0.1, 0.15) is 25.3 Å². The van der Waals surface area contributed by atoms with Gasteiger partial charge < -0.3 is 9.29 Å². The van der Waals surface area contributed by atoms with E-state index in [1.165, 1.54) is 0 Å². The molecule has 1 aromatic carbocycles. The highest BCUT2D eigenvalue weighted by atomic mass is 32.2. The fraction of sp³-hybridized carbons (Fsp3) is 0.333. The molecule has 0 N–H and O–H groups in total. The Hall–Kier alpha value is -1.85. The molecule has 5 heteroatoms. The average Bonchev–Trinajstić information content (AvgIpc) is 2.57. The maximum absolute atomic E-state index is 11.9. The number of carbonyl (C=O) groups is 1. The zero-order valence-corrected chi connectivity index (χ0v) is 14.3. The molecule has 0 saturated heterocycles. The van der Waals surface area contributed by atoms with Gasteiger partial charge in [-0.3, -0.25) is 9.79 Å². The Balaban J connectivity index is 2.22. The smallest absolute Gasteiger partial charge is 0.306 e. The number of carbonyl (C=O) groups excluding carboxylic acids is 1. The first-order chi connectivity index (χ1) is 11.2. The van der Waals surface area contributed by atoms with Gasteiger partial charge in [-0.25, -0.2) is 0 Å². The molecule has 0 heterocycles. The lowest BCUT2D eigenvalue weighted by Crippen LogP contribution is -2.14. The maximum atomic E-state index is 11.9. The van der Waals surface area contributed by atoms with Gasteiger partial charge in [-0.15, -0.1) is 0 Å². The van der Waals surface area contributed by atoms with E-state index in [4.69, 9.17) is 4.74 Å². The lowest BCUT2D eigenvalue weighted by molar-refractivity contribution is -0.144. The Labute approximate surface area is 141 Å². The lowest BCUT2D eigenvalue weighted by Gasteiger charge is -2.10. The van der Waals surface area contributed by atoms with Gasteiger partial charge in [0.05, 0.1) is 5.70 Å². The van der Waals surface area contributed by atoms with Crippen molar-refractivity contribution in [1.29, 1.82) is 0 Å². The van der Waals surface area contributed by atoms with Gasteiger partial charge in [0.15, 0.2) is 0 Å². The molecule has 0 aromatic heterocycles. The van der Waals surface area contributed by atoms with Gasteiger partial charge in [-0.2, -0.15) is 0 Å². The summed E-state index contributed by atoms with van der Waals surface area (Å²) in [5.74, 6) is 0.535. The molecule has 1 atom stereocenters. The number of benzene rings is 1. The molecule has 1 rings (SSSR count). The lowest BCUT2D eigenvalue weighted by atomic mass is 10.2. The molecule has 0 saturated carbocycles. The highest BCUT2D eigenvalue weighted by molar-refractivity contribution is 7.91. The first-order valence-corrected chi connectivity index (χ1v) is 8.97. The number of hydrogen-bond acceptors (Lipinski definition) is 4. The van der Waals surface area contributed by atoms with Crippen molar-refractivity contribution in [3.05, 3.63) is 59.8 Å². The van der Waals surface area contributed by atoms with E-state index in [1.54, 1.807) is 6.08 Å². The number of nitrogens with zero attached hydrogens (tertiary/aromatic N) is 1. The van der Waals surface area contributed by atoms with Crippen LogP contribution in [0.2, 0.25) is 0 Å². The van der Waals surface area contributed by atoms with Gasteiger partial charge in [-0.1, -0.05) is 42.5 Å². The molecule has 0 bridgehead atoms. The second-order valence-electron chi connectivity index (χ2n) is 4.88. The van der Waals surface area contributed by atoms with Crippen LogP contribution in [0.15, 0.2) is 59.2 Å². The fourth-order valence-corrected chi connectivity index (χ4v) is 2.91. The monoisotopic (exact) mass is 333 g/mol. The Morgan fingerprint density at radius 1 is 1.39 bits per heavy atom.